The Labute approximate surface area is 158 Å². The quantitative estimate of drug-likeness (QED) is 0.468. The summed E-state index contributed by atoms with van der Waals surface area (Å²) in [7, 11) is 0. The first-order chi connectivity index (χ1) is 13.2. The van der Waals surface area contributed by atoms with Crippen molar-refractivity contribution in [2.75, 3.05) is 6.54 Å². The molecule has 8 heteroatoms. The largest absolute Gasteiger partial charge is 0.467 e. The molecule has 8 nitrogen and oxygen atoms in total. The molecule has 3 aromatic heterocycles. The Bertz CT molecular complexity index is 849. The summed E-state index contributed by atoms with van der Waals surface area (Å²) < 4.78 is 13.1. The molecule has 0 amide bonds. The molecule has 27 heavy (non-hydrogen) atoms. The molecule has 0 fully saturated rings. The van der Waals surface area contributed by atoms with Gasteiger partial charge in [0.05, 0.1) is 12.3 Å². The highest BCUT2D eigenvalue weighted by molar-refractivity contribution is 5.80. The molecule has 0 aromatic carbocycles. The summed E-state index contributed by atoms with van der Waals surface area (Å²) in [4.78, 5) is 4.62. The lowest BCUT2D eigenvalue weighted by Crippen LogP contribution is -2.40. The van der Waals surface area contributed by atoms with Gasteiger partial charge in [0.2, 0.25) is 0 Å². The van der Waals surface area contributed by atoms with Crippen LogP contribution in [-0.4, -0.2) is 27.3 Å². The second kappa shape index (κ2) is 9.07. The molecule has 3 rings (SSSR count). The highest BCUT2D eigenvalue weighted by Crippen LogP contribution is 2.15. The summed E-state index contributed by atoms with van der Waals surface area (Å²) in [5.74, 6) is 4.23. The van der Waals surface area contributed by atoms with Gasteiger partial charge in [-0.25, -0.2) is 4.99 Å². The first-order valence-electron chi connectivity index (χ1n) is 9.16. The molecule has 0 aliphatic carbocycles. The van der Waals surface area contributed by atoms with Gasteiger partial charge in [-0.05, 0) is 38.1 Å². The van der Waals surface area contributed by atoms with Crippen molar-refractivity contribution < 1.29 is 8.83 Å². The van der Waals surface area contributed by atoms with Crippen LogP contribution >= 0.6 is 0 Å². The number of hydrogen-bond acceptors (Lipinski definition) is 5. The number of nitrogens with zero attached hydrogens (tertiary/aromatic N) is 4. The molecule has 0 saturated heterocycles. The number of aromatic nitrogens is 3. The van der Waals surface area contributed by atoms with Crippen LogP contribution in [0.15, 0.2) is 50.7 Å². The van der Waals surface area contributed by atoms with E-state index in [2.05, 4.69) is 32.7 Å². The average molecular weight is 370 g/mol. The van der Waals surface area contributed by atoms with Crippen LogP contribution in [0.4, 0.5) is 0 Å². The van der Waals surface area contributed by atoms with E-state index in [1.54, 1.807) is 12.6 Å². The van der Waals surface area contributed by atoms with E-state index >= 15 is 0 Å². The van der Waals surface area contributed by atoms with Crippen LogP contribution in [0.1, 0.15) is 43.0 Å². The molecule has 1 atom stereocenters. The number of nitrogens with one attached hydrogen (secondary N) is 2. The zero-order chi connectivity index (χ0) is 19.1. The van der Waals surface area contributed by atoms with Crippen molar-refractivity contribution in [3.05, 3.63) is 60.0 Å². The molecule has 0 spiro atoms. The van der Waals surface area contributed by atoms with Gasteiger partial charge in [-0.2, -0.15) is 0 Å². The zero-order valence-electron chi connectivity index (χ0n) is 16.0. The van der Waals surface area contributed by atoms with Gasteiger partial charge in [-0.3, -0.25) is 0 Å². The first-order valence-corrected chi connectivity index (χ1v) is 9.16. The minimum Gasteiger partial charge on any atom is -0.467 e. The fourth-order valence-corrected chi connectivity index (χ4v) is 2.71. The van der Waals surface area contributed by atoms with Gasteiger partial charge in [0.15, 0.2) is 5.96 Å². The number of aryl methyl sites for hydroxylation is 2. The fraction of sp³-hybridized carbons (Fsp3) is 0.421. The van der Waals surface area contributed by atoms with Crippen LogP contribution in [-0.2, 0) is 19.5 Å². The van der Waals surface area contributed by atoms with Gasteiger partial charge >= 0.3 is 0 Å². The third-order valence-corrected chi connectivity index (χ3v) is 4.17. The monoisotopic (exact) mass is 370 g/mol. The SMILES string of the molecule is CCc1nncn1CCNC(=NCc1ccco1)NC(C)c1ccc(C)o1. The lowest BCUT2D eigenvalue weighted by Gasteiger charge is -2.17. The lowest BCUT2D eigenvalue weighted by molar-refractivity contribution is 0.440. The van der Waals surface area contributed by atoms with E-state index in [0.29, 0.717) is 19.0 Å². The van der Waals surface area contributed by atoms with Crippen molar-refractivity contribution in [1.82, 2.24) is 25.4 Å². The number of hydrogen-bond donors (Lipinski definition) is 2. The van der Waals surface area contributed by atoms with Crippen LogP contribution in [0.25, 0.3) is 0 Å². The van der Waals surface area contributed by atoms with Crippen LogP contribution in [0.2, 0.25) is 0 Å². The Morgan fingerprint density at radius 2 is 2.22 bits per heavy atom. The van der Waals surface area contributed by atoms with Crippen LogP contribution in [0.5, 0.6) is 0 Å². The van der Waals surface area contributed by atoms with Gasteiger partial charge in [0, 0.05) is 19.5 Å². The second-order valence-electron chi connectivity index (χ2n) is 6.28. The Hall–Kier alpha value is -3.03. The Balaban J connectivity index is 1.62. The minimum absolute atomic E-state index is 0.0114. The average Bonchev–Trinajstić information content (AvgIpc) is 3.41. The molecule has 1 unspecified atom stereocenters. The maximum Gasteiger partial charge on any atom is 0.192 e. The van der Waals surface area contributed by atoms with Crippen LogP contribution in [0, 0.1) is 6.92 Å². The molecule has 3 heterocycles. The van der Waals surface area contributed by atoms with Gasteiger partial charge in [-0.15, -0.1) is 10.2 Å². The third-order valence-electron chi connectivity index (χ3n) is 4.17. The molecule has 144 valence electrons. The van der Waals surface area contributed by atoms with Crippen LogP contribution in [0.3, 0.4) is 0 Å². The van der Waals surface area contributed by atoms with E-state index in [0.717, 1.165) is 36.1 Å². The van der Waals surface area contributed by atoms with E-state index in [-0.39, 0.29) is 6.04 Å². The van der Waals surface area contributed by atoms with Crippen molar-refractivity contribution in [2.45, 2.75) is 46.3 Å². The molecule has 2 N–H and O–H groups in total. The second-order valence-corrected chi connectivity index (χ2v) is 6.28. The summed E-state index contributed by atoms with van der Waals surface area (Å²) in [6.45, 7) is 7.95. The smallest absolute Gasteiger partial charge is 0.192 e. The van der Waals surface area contributed by atoms with Gasteiger partial charge in [-0.1, -0.05) is 6.92 Å². The van der Waals surface area contributed by atoms with E-state index in [9.17, 15) is 0 Å². The molecule has 0 saturated carbocycles. The third kappa shape index (κ3) is 5.22. The summed E-state index contributed by atoms with van der Waals surface area (Å²) in [6, 6.07) is 7.69. The minimum atomic E-state index is -0.0114. The first kappa shape index (κ1) is 18.8. The zero-order valence-corrected chi connectivity index (χ0v) is 16.0. The molecule has 0 aliphatic rings. The molecule has 0 radical (unpaired) electrons. The number of aliphatic imine (C=N–C) groups is 1. The maximum absolute atomic E-state index is 5.71. The Kier molecular flexibility index (Phi) is 6.30. The lowest BCUT2D eigenvalue weighted by atomic mass is 10.2. The Morgan fingerprint density at radius 1 is 1.33 bits per heavy atom. The highest BCUT2D eigenvalue weighted by Gasteiger charge is 2.12. The van der Waals surface area contributed by atoms with E-state index in [4.69, 9.17) is 8.83 Å². The van der Waals surface area contributed by atoms with E-state index < -0.39 is 0 Å². The van der Waals surface area contributed by atoms with Crippen molar-refractivity contribution in [1.29, 1.82) is 0 Å². The summed E-state index contributed by atoms with van der Waals surface area (Å²) >= 11 is 0. The molecular formula is C19H26N6O2. The fourth-order valence-electron chi connectivity index (χ4n) is 2.71. The number of rotatable bonds is 8. The van der Waals surface area contributed by atoms with Crippen molar-refractivity contribution in [3.8, 4) is 0 Å². The Morgan fingerprint density at radius 3 is 2.93 bits per heavy atom. The van der Waals surface area contributed by atoms with Crippen molar-refractivity contribution in [2.24, 2.45) is 4.99 Å². The molecular weight excluding hydrogens is 344 g/mol. The van der Waals surface area contributed by atoms with Gasteiger partial charge < -0.3 is 24.0 Å². The summed E-state index contributed by atoms with van der Waals surface area (Å²) in [5, 5.41) is 14.8. The van der Waals surface area contributed by atoms with Crippen LogP contribution < -0.4 is 10.6 Å². The summed E-state index contributed by atoms with van der Waals surface area (Å²) in [6.07, 6.45) is 4.26. The maximum atomic E-state index is 5.71. The summed E-state index contributed by atoms with van der Waals surface area (Å²) in [5.41, 5.74) is 0. The number of guanidine groups is 1. The predicted octanol–water partition coefficient (Wildman–Crippen LogP) is 2.83. The normalized spacial score (nSPS) is 12.9. The highest BCUT2D eigenvalue weighted by atomic mass is 16.3. The van der Waals surface area contributed by atoms with E-state index in [1.165, 1.54) is 0 Å². The molecule has 0 bridgehead atoms. The molecule has 0 aliphatic heterocycles. The van der Waals surface area contributed by atoms with Crippen molar-refractivity contribution in [3.63, 3.8) is 0 Å². The van der Waals surface area contributed by atoms with E-state index in [1.807, 2.05) is 42.7 Å². The molecule has 3 aromatic rings. The van der Waals surface area contributed by atoms with Gasteiger partial charge in [0.25, 0.3) is 0 Å². The van der Waals surface area contributed by atoms with Gasteiger partial charge in [0.1, 0.15) is 36.0 Å². The van der Waals surface area contributed by atoms with Crippen molar-refractivity contribution >= 4 is 5.96 Å². The standard InChI is InChI=1S/C19H26N6O2/c1-4-18-24-22-13-25(18)10-9-20-19(21-12-16-6-5-11-26-16)23-15(3)17-8-7-14(2)27-17/h5-8,11,13,15H,4,9-10,12H2,1-3H3,(H2,20,21,23). The topological polar surface area (TPSA) is 93.4 Å². The number of furan rings is 2. The predicted molar refractivity (Wildman–Crippen MR) is 102 cm³/mol.